The SMILES string of the molecule is CS(=O)(=O)CCC[C@H]1C[C@H](c2cccc(C(F)(F)F)c2)N(c2ccc(Oc3ccc(Cl)cc3)cc2)C1=O. The van der Waals surface area contributed by atoms with Crippen LogP contribution in [0.1, 0.15) is 36.4 Å². The Bertz CT molecular complexity index is 1360. The molecular weight excluding hydrogens is 527 g/mol. The van der Waals surface area contributed by atoms with Gasteiger partial charge in [0.05, 0.1) is 11.6 Å². The molecule has 37 heavy (non-hydrogen) atoms. The monoisotopic (exact) mass is 551 g/mol. The molecule has 0 radical (unpaired) electrons. The molecule has 0 N–H and O–H groups in total. The van der Waals surface area contributed by atoms with E-state index in [2.05, 4.69) is 0 Å². The lowest BCUT2D eigenvalue weighted by atomic mass is 9.95. The number of rotatable bonds is 8. The maximum atomic E-state index is 13.4. The highest BCUT2D eigenvalue weighted by atomic mass is 35.5. The molecule has 1 saturated heterocycles. The van der Waals surface area contributed by atoms with E-state index in [0.29, 0.717) is 40.6 Å². The second-order valence-electron chi connectivity index (χ2n) is 9.10. The van der Waals surface area contributed by atoms with Crippen LogP contribution in [0.5, 0.6) is 11.5 Å². The van der Waals surface area contributed by atoms with Gasteiger partial charge in [0.1, 0.15) is 21.3 Å². The highest BCUT2D eigenvalue weighted by molar-refractivity contribution is 7.90. The van der Waals surface area contributed by atoms with Crippen LogP contribution in [0.15, 0.2) is 72.8 Å². The van der Waals surface area contributed by atoms with Gasteiger partial charge in [0.25, 0.3) is 0 Å². The van der Waals surface area contributed by atoms with Crippen LogP contribution in [-0.4, -0.2) is 26.3 Å². The summed E-state index contributed by atoms with van der Waals surface area (Å²) in [6.45, 7) is 0. The maximum absolute atomic E-state index is 13.4. The highest BCUT2D eigenvalue weighted by Gasteiger charge is 2.41. The number of halogens is 4. The third-order valence-corrected chi connectivity index (χ3v) is 7.52. The number of anilines is 1. The number of amides is 1. The lowest BCUT2D eigenvalue weighted by Crippen LogP contribution is -2.29. The van der Waals surface area contributed by atoms with Gasteiger partial charge in [-0.2, -0.15) is 13.2 Å². The molecule has 0 bridgehead atoms. The Hall–Kier alpha value is -3.04. The molecule has 0 aromatic heterocycles. The second kappa shape index (κ2) is 10.8. The van der Waals surface area contributed by atoms with Crippen molar-refractivity contribution in [3.05, 3.63) is 88.9 Å². The molecule has 0 saturated carbocycles. The second-order valence-corrected chi connectivity index (χ2v) is 11.8. The fourth-order valence-corrected chi connectivity index (χ4v) is 5.30. The quantitative estimate of drug-likeness (QED) is 0.300. The Balaban J connectivity index is 1.61. The summed E-state index contributed by atoms with van der Waals surface area (Å²) in [6, 6.07) is 17.9. The predicted molar refractivity (Wildman–Crippen MR) is 137 cm³/mol. The van der Waals surface area contributed by atoms with Gasteiger partial charge in [-0.25, -0.2) is 8.42 Å². The number of carbonyl (C=O) groups excluding carboxylic acids is 1. The number of benzene rings is 3. The van der Waals surface area contributed by atoms with Gasteiger partial charge in [0, 0.05) is 28.6 Å². The van der Waals surface area contributed by atoms with Crippen molar-refractivity contribution < 1.29 is 31.1 Å². The van der Waals surface area contributed by atoms with Crippen LogP contribution in [0.2, 0.25) is 5.02 Å². The third kappa shape index (κ3) is 6.84. The third-order valence-electron chi connectivity index (χ3n) is 6.24. The zero-order chi connectivity index (χ0) is 26.8. The Morgan fingerprint density at radius 2 is 1.62 bits per heavy atom. The largest absolute Gasteiger partial charge is 0.457 e. The van der Waals surface area contributed by atoms with E-state index in [1.54, 1.807) is 54.6 Å². The molecule has 196 valence electrons. The molecule has 5 nitrogen and oxygen atoms in total. The molecule has 2 atom stereocenters. The zero-order valence-corrected chi connectivity index (χ0v) is 21.5. The Labute approximate surface area is 218 Å². The van der Waals surface area contributed by atoms with Crippen LogP contribution in [0.3, 0.4) is 0 Å². The summed E-state index contributed by atoms with van der Waals surface area (Å²) in [4.78, 5) is 15.0. The van der Waals surface area contributed by atoms with E-state index < -0.39 is 33.5 Å². The topological polar surface area (TPSA) is 63.7 Å². The van der Waals surface area contributed by atoms with Crippen molar-refractivity contribution in [2.45, 2.75) is 31.5 Å². The first kappa shape index (κ1) is 27.0. The van der Waals surface area contributed by atoms with Crippen molar-refractivity contribution in [1.29, 1.82) is 0 Å². The molecule has 3 aromatic rings. The molecule has 0 aliphatic carbocycles. The first-order chi connectivity index (χ1) is 17.4. The summed E-state index contributed by atoms with van der Waals surface area (Å²) >= 11 is 5.90. The molecule has 1 fully saturated rings. The summed E-state index contributed by atoms with van der Waals surface area (Å²) in [5.74, 6) is 0.274. The highest BCUT2D eigenvalue weighted by Crippen LogP contribution is 2.43. The van der Waals surface area contributed by atoms with Crippen LogP contribution >= 0.6 is 11.6 Å². The summed E-state index contributed by atoms with van der Waals surface area (Å²) in [7, 11) is -3.19. The van der Waals surface area contributed by atoms with E-state index in [-0.39, 0.29) is 18.1 Å². The summed E-state index contributed by atoms with van der Waals surface area (Å²) in [5.41, 5.74) is 0.0985. The molecule has 1 heterocycles. The van der Waals surface area contributed by atoms with Gasteiger partial charge in [0.15, 0.2) is 0 Å². The zero-order valence-electron chi connectivity index (χ0n) is 19.9. The minimum atomic E-state index is -4.51. The van der Waals surface area contributed by atoms with Gasteiger partial charge in [0.2, 0.25) is 5.91 Å². The number of nitrogens with zero attached hydrogens (tertiary/aromatic N) is 1. The number of hydrogen-bond acceptors (Lipinski definition) is 4. The molecule has 1 amide bonds. The van der Waals surface area contributed by atoms with Crippen LogP contribution < -0.4 is 9.64 Å². The van der Waals surface area contributed by atoms with Crippen LogP contribution in [0, 0.1) is 5.92 Å². The van der Waals surface area contributed by atoms with Crippen LogP contribution in [0.4, 0.5) is 18.9 Å². The number of carbonyl (C=O) groups is 1. The van der Waals surface area contributed by atoms with Crippen molar-refractivity contribution in [2.75, 3.05) is 16.9 Å². The first-order valence-electron chi connectivity index (χ1n) is 11.6. The fraction of sp³-hybridized carbons (Fsp3) is 0.296. The number of sulfone groups is 1. The van der Waals surface area contributed by atoms with Crippen molar-refractivity contribution in [3.63, 3.8) is 0 Å². The van der Waals surface area contributed by atoms with Crippen LogP contribution in [-0.2, 0) is 20.8 Å². The van der Waals surface area contributed by atoms with E-state index in [9.17, 15) is 26.4 Å². The lowest BCUT2D eigenvalue weighted by Gasteiger charge is -2.26. The minimum Gasteiger partial charge on any atom is -0.457 e. The molecule has 10 heteroatoms. The number of alkyl halides is 3. The average Bonchev–Trinajstić information content (AvgIpc) is 3.16. The van der Waals surface area contributed by atoms with E-state index in [1.165, 1.54) is 11.0 Å². The molecule has 0 unspecified atom stereocenters. The fourth-order valence-electron chi connectivity index (χ4n) is 4.49. The normalized spacial score (nSPS) is 18.3. The standard InChI is InChI=1S/C27H25ClF3NO4S/c1-37(34,35)15-3-5-19-17-25(18-4-2-6-20(16-18)27(29,30)31)32(26(19)33)22-9-13-24(14-10-22)36-23-11-7-21(28)8-12-23/h2,4,6-14,16,19,25H,3,5,15,17H2,1H3/t19-,25+/m0/s1. The molecule has 1 aliphatic heterocycles. The summed E-state index contributed by atoms with van der Waals surface area (Å²) in [5, 5.41) is 0.571. The molecule has 1 aliphatic rings. The Morgan fingerprint density at radius 1 is 1.00 bits per heavy atom. The van der Waals surface area contributed by atoms with E-state index in [0.717, 1.165) is 18.4 Å². The van der Waals surface area contributed by atoms with E-state index in [1.807, 2.05) is 0 Å². The number of hydrogen-bond donors (Lipinski definition) is 0. The van der Waals surface area contributed by atoms with Gasteiger partial charge in [-0.15, -0.1) is 0 Å². The van der Waals surface area contributed by atoms with Gasteiger partial charge in [-0.3, -0.25) is 4.79 Å². The first-order valence-corrected chi connectivity index (χ1v) is 14.1. The summed E-state index contributed by atoms with van der Waals surface area (Å²) in [6.07, 6.45) is -2.47. The van der Waals surface area contributed by atoms with Gasteiger partial charge in [-0.1, -0.05) is 23.7 Å². The predicted octanol–water partition coefficient (Wildman–Crippen LogP) is 7.07. The lowest BCUT2D eigenvalue weighted by molar-refractivity contribution is -0.137. The smallest absolute Gasteiger partial charge is 0.416 e. The maximum Gasteiger partial charge on any atom is 0.416 e. The number of ether oxygens (including phenoxy) is 1. The Kier molecular flexibility index (Phi) is 7.85. The van der Waals surface area contributed by atoms with Crippen molar-refractivity contribution in [1.82, 2.24) is 0 Å². The van der Waals surface area contributed by atoms with Gasteiger partial charge in [-0.05, 0) is 85.5 Å². The van der Waals surface area contributed by atoms with E-state index >= 15 is 0 Å². The van der Waals surface area contributed by atoms with Gasteiger partial charge < -0.3 is 9.64 Å². The Morgan fingerprint density at radius 3 is 2.22 bits per heavy atom. The average molecular weight is 552 g/mol. The summed E-state index contributed by atoms with van der Waals surface area (Å²) < 4.78 is 69.1. The van der Waals surface area contributed by atoms with Crippen LogP contribution in [0.25, 0.3) is 0 Å². The molecule has 3 aromatic carbocycles. The van der Waals surface area contributed by atoms with Crippen molar-refractivity contribution in [3.8, 4) is 11.5 Å². The van der Waals surface area contributed by atoms with Crippen molar-refractivity contribution in [2.24, 2.45) is 5.92 Å². The minimum absolute atomic E-state index is 0.0538. The van der Waals surface area contributed by atoms with E-state index in [4.69, 9.17) is 16.3 Å². The van der Waals surface area contributed by atoms with Gasteiger partial charge >= 0.3 is 6.18 Å². The molecule has 4 rings (SSSR count). The molecule has 0 spiro atoms. The molecular formula is C27H25ClF3NO4S. The van der Waals surface area contributed by atoms with Crippen molar-refractivity contribution >= 4 is 33.0 Å².